The van der Waals surface area contributed by atoms with Crippen molar-refractivity contribution in [1.82, 2.24) is 4.98 Å². The van der Waals surface area contributed by atoms with Crippen molar-refractivity contribution in [3.8, 4) is 0 Å². The van der Waals surface area contributed by atoms with Crippen LogP contribution in [0.25, 0.3) is 10.9 Å². The van der Waals surface area contributed by atoms with Gasteiger partial charge >= 0.3 is 0 Å². The Hall–Kier alpha value is -0.838. The van der Waals surface area contributed by atoms with Gasteiger partial charge in [-0.1, -0.05) is 28.7 Å². The lowest BCUT2D eigenvalue weighted by atomic mass is 10.2. The summed E-state index contributed by atoms with van der Waals surface area (Å²) in [5.74, 6) is 0. The highest BCUT2D eigenvalue weighted by Gasteiger charge is 1.96. The highest BCUT2D eigenvalue weighted by atomic mass is 27.0. The predicted octanol–water partition coefficient (Wildman–Crippen LogP) is 0.802. The molecule has 2 aromatic rings. The number of pyridine rings is 1. The van der Waals surface area contributed by atoms with Gasteiger partial charge in [-0.3, -0.25) is 4.98 Å². The number of benzene rings is 1. The molecule has 0 bridgehead atoms. The molecular formula is C10H10AlN. The monoisotopic (exact) mass is 171 g/mol. The third kappa shape index (κ3) is 1.24. The van der Waals surface area contributed by atoms with Crippen molar-refractivity contribution in [2.24, 2.45) is 0 Å². The Labute approximate surface area is 79.9 Å². The van der Waals surface area contributed by atoms with Crippen molar-refractivity contribution in [2.75, 3.05) is 0 Å². The predicted molar refractivity (Wildman–Crippen MR) is 54.7 cm³/mol. The summed E-state index contributed by atoms with van der Waals surface area (Å²) in [5.41, 5.74) is 2.29. The van der Waals surface area contributed by atoms with Crippen molar-refractivity contribution in [1.29, 1.82) is 0 Å². The minimum Gasteiger partial charge on any atom is -0.254 e. The van der Waals surface area contributed by atoms with Crippen LogP contribution in [0.3, 0.4) is 0 Å². The zero-order chi connectivity index (χ0) is 8.55. The van der Waals surface area contributed by atoms with Crippen molar-refractivity contribution >= 4 is 31.6 Å². The van der Waals surface area contributed by atoms with E-state index in [1.54, 1.807) is 0 Å². The molecule has 58 valence electrons. The van der Waals surface area contributed by atoms with Crippen LogP contribution in [0.15, 0.2) is 30.3 Å². The molecule has 1 heterocycles. The van der Waals surface area contributed by atoms with E-state index < -0.39 is 0 Å². The number of nitrogens with zero attached hydrogens (tertiary/aromatic N) is 1. The van der Waals surface area contributed by atoms with Crippen LogP contribution in [0.4, 0.5) is 0 Å². The smallest absolute Gasteiger partial charge is 0.254 e. The quantitative estimate of drug-likeness (QED) is 0.534. The number of rotatable bonds is 0. The summed E-state index contributed by atoms with van der Waals surface area (Å²) in [4.78, 5) is 4.51. The van der Waals surface area contributed by atoms with Crippen LogP contribution in [0.1, 0.15) is 5.69 Å². The molecule has 0 amide bonds. The van der Waals surface area contributed by atoms with E-state index in [-0.39, 0.29) is 0 Å². The summed E-state index contributed by atoms with van der Waals surface area (Å²) in [7, 11) is 0. The summed E-state index contributed by atoms with van der Waals surface area (Å²) in [6.45, 7) is 2.04. The molecule has 0 atom stereocenters. The Balaban J connectivity index is 2.88. The van der Waals surface area contributed by atoms with Gasteiger partial charge in [-0.15, -0.1) is 0 Å². The lowest BCUT2D eigenvalue weighted by Gasteiger charge is -2.01. The van der Waals surface area contributed by atoms with Crippen molar-refractivity contribution in [2.45, 2.75) is 6.92 Å². The molecule has 1 aromatic carbocycles. The normalized spacial score (nSPS) is 10.4. The molecule has 0 N–H and O–H groups in total. The van der Waals surface area contributed by atoms with E-state index in [4.69, 9.17) is 0 Å². The summed E-state index contributed by atoms with van der Waals surface area (Å²) in [6.07, 6.45) is 0. The van der Waals surface area contributed by atoms with Crippen LogP contribution in [0, 0.1) is 6.92 Å². The number of hydrogen-bond donors (Lipinski definition) is 0. The standard InChI is InChI=1S/C10H8N.Al.2H/c1-8-6-7-9-4-2-3-5-10(9)11-8;;;/h2-4,6-7H,1H3;;;. The molecule has 1 nitrogen and oxygen atoms in total. The van der Waals surface area contributed by atoms with Crippen LogP contribution in [-0.2, 0) is 0 Å². The lowest BCUT2D eigenvalue weighted by molar-refractivity contribution is 1.26. The molecule has 0 aliphatic carbocycles. The molecule has 1 aromatic heterocycles. The summed E-state index contributed by atoms with van der Waals surface area (Å²) in [5, 5.41) is 1.26. The molecule has 0 fully saturated rings. The molecule has 2 heteroatoms. The van der Waals surface area contributed by atoms with E-state index >= 15 is 0 Å². The number of aryl methyl sites for hydroxylation is 1. The maximum Gasteiger partial charge on any atom is 0.262 e. The Morgan fingerprint density at radius 1 is 1.17 bits per heavy atom. The topological polar surface area (TPSA) is 12.9 Å². The minimum atomic E-state index is 1.07. The van der Waals surface area contributed by atoms with Gasteiger partial charge in [0.2, 0.25) is 0 Å². The molecule has 2 rings (SSSR count). The van der Waals surface area contributed by atoms with Crippen molar-refractivity contribution in [3.05, 3.63) is 36.0 Å². The minimum absolute atomic E-state index is 1.07. The van der Waals surface area contributed by atoms with Crippen molar-refractivity contribution < 1.29 is 0 Å². The highest BCUT2D eigenvalue weighted by Crippen LogP contribution is 2.08. The Bertz CT molecular complexity index is 423. The fourth-order valence-electron chi connectivity index (χ4n) is 1.39. The van der Waals surface area contributed by atoms with Gasteiger partial charge in [0.1, 0.15) is 0 Å². The van der Waals surface area contributed by atoms with Gasteiger partial charge in [0, 0.05) is 5.69 Å². The van der Waals surface area contributed by atoms with Gasteiger partial charge in [-0.05, 0) is 18.4 Å². The largest absolute Gasteiger partial charge is 0.262 e. The summed E-state index contributed by atoms with van der Waals surface area (Å²) < 4.78 is 1.39. The molecule has 0 radical (unpaired) electrons. The molecule has 0 saturated heterocycles. The third-order valence-electron chi connectivity index (χ3n) is 2.06. The van der Waals surface area contributed by atoms with Gasteiger partial charge in [0.15, 0.2) is 0 Å². The van der Waals surface area contributed by atoms with E-state index in [2.05, 4.69) is 35.3 Å². The van der Waals surface area contributed by atoms with E-state index in [0.717, 1.165) is 22.0 Å². The first-order chi connectivity index (χ1) is 5.77. The zero-order valence-corrected chi connectivity index (χ0v) is 9.33. The second-order valence-electron chi connectivity index (χ2n) is 3.10. The number of aromatic nitrogens is 1. The van der Waals surface area contributed by atoms with E-state index in [9.17, 15) is 0 Å². The molecule has 0 saturated carbocycles. The number of fused-ring (bicyclic) bond motifs is 1. The molecule has 12 heavy (non-hydrogen) atoms. The first-order valence-corrected chi connectivity index (χ1v) is 5.10. The van der Waals surface area contributed by atoms with Gasteiger partial charge in [0.25, 0.3) is 16.3 Å². The molecular weight excluding hydrogens is 161 g/mol. The highest BCUT2D eigenvalue weighted by molar-refractivity contribution is 6.38. The van der Waals surface area contributed by atoms with Crippen LogP contribution < -0.4 is 4.43 Å². The molecule has 0 aliphatic rings. The fourth-order valence-corrected chi connectivity index (χ4v) is 1.99. The third-order valence-corrected chi connectivity index (χ3v) is 2.87. The van der Waals surface area contributed by atoms with Gasteiger partial charge < -0.3 is 0 Å². The Morgan fingerprint density at radius 3 is 2.83 bits per heavy atom. The second-order valence-corrected chi connectivity index (χ2v) is 4.18. The van der Waals surface area contributed by atoms with Gasteiger partial charge in [0.05, 0.1) is 5.52 Å². The fraction of sp³-hybridized carbons (Fsp3) is 0.100. The zero-order valence-electron chi connectivity index (χ0n) is 7.33. The molecule has 0 unspecified atom stereocenters. The van der Waals surface area contributed by atoms with Gasteiger partial charge in [-0.2, -0.15) is 0 Å². The van der Waals surface area contributed by atoms with E-state index in [1.807, 2.05) is 6.92 Å². The van der Waals surface area contributed by atoms with Crippen LogP contribution in [0.2, 0.25) is 0 Å². The second kappa shape index (κ2) is 2.90. The first kappa shape index (κ1) is 7.79. The van der Waals surface area contributed by atoms with Gasteiger partial charge in [-0.25, -0.2) is 0 Å². The summed E-state index contributed by atoms with van der Waals surface area (Å²) in [6, 6.07) is 10.6. The van der Waals surface area contributed by atoms with Crippen molar-refractivity contribution in [3.63, 3.8) is 0 Å². The summed E-state index contributed by atoms with van der Waals surface area (Å²) >= 11 is 1.07. The number of hydrogen-bond acceptors (Lipinski definition) is 1. The average Bonchev–Trinajstić information content (AvgIpc) is 2.07. The Kier molecular flexibility index (Phi) is 1.88. The maximum atomic E-state index is 4.51. The molecule has 0 aliphatic heterocycles. The van der Waals surface area contributed by atoms with Crippen LogP contribution >= 0.6 is 0 Å². The first-order valence-electron chi connectivity index (χ1n) is 4.10. The van der Waals surface area contributed by atoms with E-state index in [1.165, 1.54) is 15.3 Å². The SMILES string of the molecule is Cc1ccc2ccc[c]([AlH2])c2n1. The Morgan fingerprint density at radius 2 is 2.00 bits per heavy atom. The van der Waals surface area contributed by atoms with Crippen LogP contribution in [0.5, 0.6) is 0 Å². The lowest BCUT2D eigenvalue weighted by Crippen LogP contribution is -2.04. The average molecular weight is 171 g/mol. The molecule has 0 spiro atoms. The maximum absolute atomic E-state index is 4.51. The number of para-hydroxylation sites is 1. The van der Waals surface area contributed by atoms with E-state index in [0.29, 0.717) is 0 Å². The van der Waals surface area contributed by atoms with Crippen LogP contribution in [-0.4, -0.2) is 21.3 Å².